The standard InChI is InChI=1S/C23H16Cl2N2O3S/c24-18-9-8-14(10-19(18)25)12-31-13-21(28)26-16-5-3-4-15(11-16)22-27-20-7-2-1-6-17(20)23(29)30-22/h1-11H,12-13H2,(H,26,28). The SMILES string of the molecule is O=C(CSCc1ccc(Cl)c(Cl)c1)Nc1cccc(-c2nc3ccccc3c(=O)o2)c1. The highest BCUT2D eigenvalue weighted by atomic mass is 35.5. The number of carbonyl (C=O) groups is 1. The Morgan fingerprint density at radius 2 is 1.84 bits per heavy atom. The van der Waals surface area contributed by atoms with Crippen molar-refractivity contribution in [1.29, 1.82) is 0 Å². The lowest BCUT2D eigenvalue weighted by Crippen LogP contribution is -2.14. The van der Waals surface area contributed by atoms with Crippen LogP contribution in [-0.4, -0.2) is 16.6 Å². The predicted molar refractivity (Wildman–Crippen MR) is 127 cm³/mol. The number of para-hydroxylation sites is 1. The molecule has 4 rings (SSSR count). The Labute approximate surface area is 192 Å². The second-order valence-corrected chi connectivity index (χ2v) is 8.49. The molecule has 3 aromatic carbocycles. The third-order valence-electron chi connectivity index (χ3n) is 4.41. The lowest BCUT2D eigenvalue weighted by atomic mass is 10.2. The van der Waals surface area contributed by atoms with E-state index >= 15 is 0 Å². The molecule has 0 radical (unpaired) electrons. The van der Waals surface area contributed by atoms with E-state index in [0.717, 1.165) is 5.56 Å². The van der Waals surface area contributed by atoms with Crippen LogP contribution >= 0.6 is 35.0 Å². The Balaban J connectivity index is 1.42. The van der Waals surface area contributed by atoms with Gasteiger partial charge in [-0.2, -0.15) is 0 Å². The second-order valence-electron chi connectivity index (χ2n) is 6.69. The fourth-order valence-electron chi connectivity index (χ4n) is 2.96. The maximum absolute atomic E-state index is 12.3. The summed E-state index contributed by atoms with van der Waals surface area (Å²) in [5, 5.41) is 4.28. The molecule has 4 aromatic rings. The number of anilines is 1. The summed E-state index contributed by atoms with van der Waals surface area (Å²) >= 11 is 13.4. The highest BCUT2D eigenvalue weighted by molar-refractivity contribution is 7.99. The Morgan fingerprint density at radius 1 is 1.00 bits per heavy atom. The van der Waals surface area contributed by atoms with Crippen molar-refractivity contribution in [2.45, 2.75) is 5.75 Å². The number of nitrogens with zero attached hydrogens (tertiary/aromatic N) is 1. The van der Waals surface area contributed by atoms with Crippen molar-refractivity contribution in [2.75, 3.05) is 11.1 Å². The minimum Gasteiger partial charge on any atom is -0.403 e. The van der Waals surface area contributed by atoms with Crippen molar-refractivity contribution in [3.05, 3.63) is 92.8 Å². The summed E-state index contributed by atoms with van der Waals surface area (Å²) in [5.74, 6) is 0.966. The second kappa shape index (κ2) is 9.56. The minimum absolute atomic E-state index is 0.143. The van der Waals surface area contributed by atoms with Crippen LogP contribution in [-0.2, 0) is 10.5 Å². The van der Waals surface area contributed by atoms with E-state index in [2.05, 4.69) is 10.3 Å². The minimum atomic E-state index is -0.450. The first-order valence-corrected chi connectivity index (χ1v) is 11.2. The molecule has 0 saturated heterocycles. The molecule has 0 aliphatic carbocycles. The van der Waals surface area contributed by atoms with Crippen LogP contribution in [0.1, 0.15) is 5.56 Å². The number of carbonyl (C=O) groups excluding carboxylic acids is 1. The van der Waals surface area contributed by atoms with Crippen LogP contribution < -0.4 is 10.9 Å². The van der Waals surface area contributed by atoms with E-state index in [4.69, 9.17) is 27.6 Å². The first kappa shape index (κ1) is 21.4. The Morgan fingerprint density at radius 3 is 2.68 bits per heavy atom. The van der Waals surface area contributed by atoms with Gasteiger partial charge in [0.05, 0.1) is 26.7 Å². The maximum atomic E-state index is 12.3. The predicted octanol–water partition coefficient (Wildman–Crippen LogP) is 6.03. The zero-order valence-corrected chi connectivity index (χ0v) is 18.4. The van der Waals surface area contributed by atoms with Gasteiger partial charge in [0.15, 0.2) is 0 Å². The van der Waals surface area contributed by atoms with Gasteiger partial charge >= 0.3 is 5.63 Å². The molecule has 0 aliphatic rings. The van der Waals surface area contributed by atoms with Crippen LogP contribution in [0.5, 0.6) is 0 Å². The molecule has 0 fully saturated rings. The van der Waals surface area contributed by atoms with Gasteiger partial charge < -0.3 is 9.73 Å². The molecule has 0 spiro atoms. The third-order valence-corrected chi connectivity index (χ3v) is 6.16. The monoisotopic (exact) mass is 470 g/mol. The summed E-state index contributed by atoms with van der Waals surface area (Å²) < 4.78 is 5.36. The number of aromatic nitrogens is 1. The summed E-state index contributed by atoms with van der Waals surface area (Å²) in [6, 6.07) is 19.4. The molecular formula is C23H16Cl2N2O3S. The van der Waals surface area contributed by atoms with Gasteiger partial charge in [0.1, 0.15) is 0 Å². The third kappa shape index (κ3) is 5.28. The fraction of sp³-hybridized carbons (Fsp3) is 0.0870. The Hall–Kier alpha value is -2.80. The average Bonchev–Trinajstić information content (AvgIpc) is 2.76. The van der Waals surface area contributed by atoms with E-state index in [9.17, 15) is 9.59 Å². The van der Waals surface area contributed by atoms with Crippen molar-refractivity contribution < 1.29 is 9.21 Å². The van der Waals surface area contributed by atoms with Crippen LogP contribution in [0, 0.1) is 0 Å². The van der Waals surface area contributed by atoms with Crippen molar-refractivity contribution in [1.82, 2.24) is 4.98 Å². The number of hydrogen-bond donors (Lipinski definition) is 1. The van der Waals surface area contributed by atoms with Gasteiger partial charge in [-0.25, -0.2) is 9.78 Å². The van der Waals surface area contributed by atoms with E-state index < -0.39 is 5.63 Å². The molecule has 0 unspecified atom stereocenters. The number of halogens is 2. The number of hydrogen-bond acceptors (Lipinski definition) is 5. The van der Waals surface area contributed by atoms with Gasteiger partial charge in [-0.05, 0) is 48.0 Å². The van der Waals surface area contributed by atoms with Gasteiger partial charge in [0, 0.05) is 17.0 Å². The van der Waals surface area contributed by atoms with E-state index in [1.165, 1.54) is 11.8 Å². The number of fused-ring (bicyclic) bond motifs is 1. The lowest BCUT2D eigenvalue weighted by molar-refractivity contribution is -0.113. The highest BCUT2D eigenvalue weighted by Crippen LogP contribution is 2.25. The quantitative estimate of drug-likeness (QED) is 0.372. The summed E-state index contributed by atoms with van der Waals surface area (Å²) in [6.45, 7) is 0. The van der Waals surface area contributed by atoms with Crippen molar-refractivity contribution in [3.63, 3.8) is 0 Å². The van der Waals surface area contributed by atoms with E-state index in [-0.39, 0.29) is 17.6 Å². The molecule has 0 saturated carbocycles. The van der Waals surface area contributed by atoms with Gasteiger partial charge in [0.25, 0.3) is 0 Å². The normalized spacial score (nSPS) is 10.9. The smallest absolute Gasteiger partial charge is 0.347 e. The fourth-order valence-corrected chi connectivity index (χ4v) is 4.06. The Bertz CT molecular complexity index is 1320. The molecule has 5 nitrogen and oxygen atoms in total. The van der Waals surface area contributed by atoms with Crippen LogP contribution in [0.3, 0.4) is 0 Å². The summed E-state index contributed by atoms with van der Waals surface area (Å²) in [7, 11) is 0. The zero-order chi connectivity index (χ0) is 21.8. The summed E-state index contributed by atoms with van der Waals surface area (Å²) in [5.41, 5.74) is 2.29. The number of benzene rings is 3. The molecule has 1 N–H and O–H groups in total. The van der Waals surface area contributed by atoms with Crippen molar-refractivity contribution >= 4 is 57.5 Å². The van der Waals surface area contributed by atoms with Gasteiger partial charge in [-0.3, -0.25) is 4.79 Å². The maximum Gasteiger partial charge on any atom is 0.347 e. The van der Waals surface area contributed by atoms with Crippen LogP contribution in [0.15, 0.2) is 75.9 Å². The van der Waals surface area contributed by atoms with Gasteiger partial charge in [0.2, 0.25) is 11.8 Å². The molecular weight excluding hydrogens is 455 g/mol. The summed E-state index contributed by atoms with van der Waals surface area (Å²) in [6.07, 6.45) is 0. The van der Waals surface area contributed by atoms with Crippen LogP contribution in [0.2, 0.25) is 10.0 Å². The highest BCUT2D eigenvalue weighted by Gasteiger charge is 2.10. The van der Waals surface area contributed by atoms with Gasteiger partial charge in [-0.1, -0.05) is 47.5 Å². The molecule has 1 amide bonds. The summed E-state index contributed by atoms with van der Waals surface area (Å²) in [4.78, 5) is 29.0. The number of amides is 1. The van der Waals surface area contributed by atoms with Crippen LogP contribution in [0.25, 0.3) is 22.4 Å². The number of thioether (sulfide) groups is 1. The molecule has 0 atom stereocenters. The average molecular weight is 471 g/mol. The van der Waals surface area contributed by atoms with Crippen molar-refractivity contribution in [2.24, 2.45) is 0 Å². The lowest BCUT2D eigenvalue weighted by Gasteiger charge is -2.08. The van der Waals surface area contributed by atoms with Crippen molar-refractivity contribution in [3.8, 4) is 11.5 Å². The molecule has 0 aliphatic heterocycles. The molecule has 8 heteroatoms. The number of nitrogens with one attached hydrogen (secondary N) is 1. The molecule has 1 aromatic heterocycles. The molecule has 31 heavy (non-hydrogen) atoms. The largest absolute Gasteiger partial charge is 0.403 e. The van der Waals surface area contributed by atoms with E-state index in [1.807, 2.05) is 12.1 Å². The first-order chi connectivity index (χ1) is 15.0. The molecule has 156 valence electrons. The van der Waals surface area contributed by atoms with E-state index in [1.54, 1.807) is 54.6 Å². The van der Waals surface area contributed by atoms with Crippen LogP contribution in [0.4, 0.5) is 5.69 Å². The Kier molecular flexibility index (Phi) is 6.61. The van der Waals surface area contributed by atoms with Gasteiger partial charge in [-0.15, -0.1) is 11.8 Å². The van der Waals surface area contributed by atoms with E-state index in [0.29, 0.717) is 38.0 Å². The molecule has 0 bridgehead atoms. The zero-order valence-electron chi connectivity index (χ0n) is 16.1. The number of rotatable bonds is 6. The molecule has 1 heterocycles. The first-order valence-electron chi connectivity index (χ1n) is 9.31. The topological polar surface area (TPSA) is 72.2 Å².